The summed E-state index contributed by atoms with van der Waals surface area (Å²) in [4.78, 5) is 3.93. The van der Waals surface area contributed by atoms with Gasteiger partial charge in [-0.25, -0.2) is 0 Å². The molecule has 0 N–H and O–H groups in total. The average Bonchev–Trinajstić information content (AvgIpc) is 2.21. The van der Waals surface area contributed by atoms with Crippen LogP contribution in [0.15, 0.2) is 0 Å². The van der Waals surface area contributed by atoms with Gasteiger partial charge in [-0.1, -0.05) is 8.64 Å². The van der Waals surface area contributed by atoms with Crippen LogP contribution in [0.1, 0.15) is 27.7 Å². The first-order valence-corrected chi connectivity index (χ1v) is 6.99. The second kappa shape index (κ2) is 21.1. The van der Waals surface area contributed by atoms with E-state index in [2.05, 4.69) is 0 Å². The van der Waals surface area contributed by atoms with Gasteiger partial charge in [0.25, 0.3) is 0 Å². The molecule has 0 saturated carbocycles. The van der Waals surface area contributed by atoms with Crippen molar-refractivity contribution >= 4 is 58.3 Å². The molecule has 0 rings (SSSR count). The SMILES string of the molecule is CCN(CC)C(=S)[S-].CCN(CC)C(=S)[S-].[Mo].[O-2].[O-2]. The Labute approximate surface area is 153 Å². The fraction of sp³-hybridized carbons (Fsp3) is 0.800. The molecule has 0 aromatic carbocycles. The minimum atomic E-state index is 0. The Balaban J connectivity index is -0.0000000594. The van der Waals surface area contributed by atoms with Gasteiger partial charge in [0, 0.05) is 47.2 Å². The largest absolute Gasteiger partial charge is 2.00 e. The van der Waals surface area contributed by atoms with Gasteiger partial charge in [0.1, 0.15) is 0 Å². The third kappa shape index (κ3) is 18.8. The summed E-state index contributed by atoms with van der Waals surface area (Å²) < 4.78 is 1.16. The molecule has 0 aliphatic carbocycles. The van der Waals surface area contributed by atoms with E-state index in [1.165, 1.54) is 0 Å². The zero-order valence-electron chi connectivity index (χ0n) is 11.6. The zero-order chi connectivity index (χ0) is 13.1. The van der Waals surface area contributed by atoms with Crippen LogP contribution in [-0.4, -0.2) is 44.6 Å². The molecule has 118 valence electrons. The van der Waals surface area contributed by atoms with Crippen molar-refractivity contribution in [2.24, 2.45) is 0 Å². The maximum Gasteiger partial charge on any atom is 0.0133 e. The molecule has 0 spiro atoms. The van der Waals surface area contributed by atoms with E-state index in [0.29, 0.717) is 8.64 Å². The van der Waals surface area contributed by atoms with Crippen LogP contribution in [-0.2, 0) is 57.3 Å². The Hall–Kier alpha value is 0.828. The number of hydrogen-bond donors (Lipinski definition) is 0. The minimum Gasteiger partial charge on any atom is -2.00 e. The first-order valence-electron chi connectivity index (χ1n) is 5.36. The summed E-state index contributed by atoms with van der Waals surface area (Å²) in [5.41, 5.74) is 0. The maximum atomic E-state index is 4.76. The maximum absolute atomic E-state index is 4.76. The molecule has 0 heterocycles. The van der Waals surface area contributed by atoms with Crippen molar-refractivity contribution in [1.82, 2.24) is 9.80 Å². The van der Waals surface area contributed by atoms with Crippen molar-refractivity contribution in [3.8, 4) is 0 Å². The van der Waals surface area contributed by atoms with Gasteiger partial charge in [-0.2, -0.15) is 0 Å². The van der Waals surface area contributed by atoms with Gasteiger partial charge in [-0.05, 0) is 27.7 Å². The Bertz CT molecular complexity index is 194. The monoisotopic (exact) mass is 426 g/mol. The van der Waals surface area contributed by atoms with E-state index in [1.54, 1.807) is 0 Å². The standard InChI is InChI=1S/2C5H11NS2.Mo.2O/c2*1-3-6(4-2)5(7)8;;;/h2*3-4H2,1-2H3,(H,7,8);;;/q;;;2*-2/p-2. The smallest absolute Gasteiger partial charge is 0.0133 e. The second-order valence-corrected chi connectivity index (χ2v) is 4.94. The number of thiocarbonyl (C=S) groups is 2. The molecular formula is C10H20MoN2O2S4-6. The fourth-order valence-corrected chi connectivity index (χ4v) is 2.00. The number of rotatable bonds is 4. The van der Waals surface area contributed by atoms with E-state index in [1.807, 2.05) is 37.5 Å². The first-order chi connectivity index (χ1) is 7.44. The summed E-state index contributed by atoms with van der Waals surface area (Å²) >= 11 is 19.0. The van der Waals surface area contributed by atoms with Crippen molar-refractivity contribution in [3.63, 3.8) is 0 Å². The molecular weight excluding hydrogens is 404 g/mol. The molecule has 0 aliphatic heterocycles. The van der Waals surface area contributed by atoms with Crippen LogP contribution < -0.4 is 0 Å². The van der Waals surface area contributed by atoms with Crippen molar-refractivity contribution in [2.75, 3.05) is 26.2 Å². The van der Waals surface area contributed by atoms with Crippen LogP contribution in [0.5, 0.6) is 0 Å². The van der Waals surface area contributed by atoms with E-state index in [4.69, 9.17) is 49.7 Å². The van der Waals surface area contributed by atoms with Gasteiger partial charge in [0.2, 0.25) is 0 Å². The number of hydrogen-bond acceptors (Lipinski definition) is 4. The Morgan fingerprint density at radius 1 is 0.737 bits per heavy atom. The molecule has 9 heteroatoms. The topological polar surface area (TPSA) is 63.5 Å². The molecule has 0 radical (unpaired) electrons. The van der Waals surface area contributed by atoms with Gasteiger partial charge in [-0.15, -0.1) is 0 Å². The average molecular weight is 424 g/mol. The Kier molecular flexibility index (Phi) is 35.6. The molecule has 0 amide bonds. The quantitative estimate of drug-likeness (QED) is 0.391. The first kappa shape index (κ1) is 32.0. The minimum absolute atomic E-state index is 0. The van der Waals surface area contributed by atoms with Crippen LogP contribution in [0.2, 0.25) is 0 Å². The van der Waals surface area contributed by atoms with Gasteiger partial charge in [0.15, 0.2) is 0 Å². The summed E-state index contributed by atoms with van der Waals surface area (Å²) in [6.45, 7) is 11.9. The Morgan fingerprint density at radius 3 is 0.895 bits per heavy atom. The summed E-state index contributed by atoms with van der Waals surface area (Å²) in [5, 5.41) is 0. The third-order valence-corrected chi connectivity index (χ3v) is 3.08. The predicted octanol–water partition coefficient (Wildman–Crippen LogP) is 2.08. The zero-order valence-corrected chi connectivity index (χ0v) is 16.9. The molecule has 19 heavy (non-hydrogen) atoms. The van der Waals surface area contributed by atoms with Crippen LogP contribution in [0.4, 0.5) is 0 Å². The Morgan fingerprint density at radius 2 is 0.895 bits per heavy atom. The van der Waals surface area contributed by atoms with Crippen LogP contribution in [0.25, 0.3) is 0 Å². The van der Waals surface area contributed by atoms with Crippen LogP contribution in [0.3, 0.4) is 0 Å². The van der Waals surface area contributed by atoms with Gasteiger partial charge in [-0.3, -0.25) is 0 Å². The van der Waals surface area contributed by atoms with Crippen molar-refractivity contribution in [3.05, 3.63) is 0 Å². The van der Waals surface area contributed by atoms with E-state index in [9.17, 15) is 0 Å². The molecule has 0 aliphatic rings. The molecule has 0 bridgehead atoms. The molecule has 0 unspecified atom stereocenters. The van der Waals surface area contributed by atoms with Crippen molar-refractivity contribution in [2.45, 2.75) is 27.7 Å². The van der Waals surface area contributed by atoms with Crippen LogP contribution >= 0.6 is 24.4 Å². The third-order valence-electron chi connectivity index (χ3n) is 2.04. The molecule has 0 fully saturated rings. The molecule has 0 saturated heterocycles. The van der Waals surface area contributed by atoms with Gasteiger partial charge < -0.3 is 70.4 Å². The van der Waals surface area contributed by atoms with Crippen molar-refractivity contribution in [1.29, 1.82) is 0 Å². The molecule has 0 aromatic heterocycles. The summed E-state index contributed by atoms with van der Waals surface area (Å²) in [7, 11) is 0. The van der Waals surface area contributed by atoms with Crippen LogP contribution in [0, 0.1) is 0 Å². The fourth-order valence-electron chi connectivity index (χ4n) is 0.964. The van der Waals surface area contributed by atoms with E-state index in [0.717, 1.165) is 26.2 Å². The number of nitrogens with zero attached hydrogens (tertiary/aromatic N) is 2. The van der Waals surface area contributed by atoms with Gasteiger partial charge >= 0.3 is 0 Å². The van der Waals surface area contributed by atoms with Crippen molar-refractivity contribution < 1.29 is 32.0 Å². The summed E-state index contributed by atoms with van der Waals surface area (Å²) in [6, 6.07) is 0. The normalized spacial score (nSPS) is 7.37. The van der Waals surface area contributed by atoms with Gasteiger partial charge in [0.05, 0.1) is 0 Å². The second-order valence-electron chi connectivity index (χ2n) is 2.88. The molecule has 0 aromatic rings. The summed E-state index contributed by atoms with van der Waals surface area (Å²) in [6.07, 6.45) is 0. The predicted molar refractivity (Wildman–Crippen MR) is 87.1 cm³/mol. The molecule has 0 atom stereocenters. The van der Waals surface area contributed by atoms with E-state index >= 15 is 0 Å². The molecule has 4 nitrogen and oxygen atoms in total. The van der Waals surface area contributed by atoms with E-state index in [-0.39, 0.29) is 32.0 Å². The summed E-state index contributed by atoms with van der Waals surface area (Å²) in [5.74, 6) is 0. The van der Waals surface area contributed by atoms with E-state index < -0.39 is 0 Å².